The van der Waals surface area contributed by atoms with E-state index in [9.17, 15) is 26.3 Å². The number of nitrogen functional groups attached to an aromatic ring is 2. The van der Waals surface area contributed by atoms with E-state index < -0.39 is 23.5 Å². The van der Waals surface area contributed by atoms with Crippen LogP contribution in [0.4, 0.5) is 37.7 Å². The van der Waals surface area contributed by atoms with Gasteiger partial charge < -0.3 is 15.9 Å². The number of furan rings is 1. The summed E-state index contributed by atoms with van der Waals surface area (Å²) in [7, 11) is 0. The molecule has 2 aromatic carbocycles. The molecule has 142 valence electrons. The van der Waals surface area contributed by atoms with E-state index in [-0.39, 0.29) is 34.0 Å². The number of hydrogen-bond acceptors (Lipinski definition) is 3. The van der Waals surface area contributed by atoms with Gasteiger partial charge in [-0.15, -0.1) is 0 Å². The Morgan fingerprint density at radius 3 is 1.30 bits per heavy atom. The number of halogens is 6. The Balaban J connectivity index is 2.13. The molecule has 0 aliphatic rings. The Kier molecular flexibility index (Phi) is 4.33. The lowest BCUT2D eigenvalue weighted by atomic mass is 10.0. The second-order valence-electron chi connectivity index (χ2n) is 5.77. The third-order valence-electron chi connectivity index (χ3n) is 3.83. The van der Waals surface area contributed by atoms with Gasteiger partial charge in [0.2, 0.25) is 0 Å². The Labute approximate surface area is 149 Å². The van der Waals surface area contributed by atoms with Gasteiger partial charge in [-0.05, 0) is 48.5 Å². The lowest BCUT2D eigenvalue weighted by Gasteiger charge is -2.13. The average molecular weight is 386 g/mol. The van der Waals surface area contributed by atoms with Gasteiger partial charge in [-0.2, -0.15) is 26.3 Å². The normalized spacial score (nSPS) is 12.4. The van der Waals surface area contributed by atoms with Crippen LogP contribution in [0, 0.1) is 0 Å². The van der Waals surface area contributed by atoms with Crippen molar-refractivity contribution in [3.05, 3.63) is 59.7 Å². The quantitative estimate of drug-likeness (QED) is 0.431. The largest absolute Gasteiger partial charge is 0.456 e. The number of anilines is 2. The van der Waals surface area contributed by atoms with Crippen molar-refractivity contribution in [2.75, 3.05) is 11.5 Å². The average Bonchev–Trinajstić information content (AvgIpc) is 3.02. The van der Waals surface area contributed by atoms with Gasteiger partial charge in [-0.1, -0.05) is 0 Å². The first kappa shape index (κ1) is 18.7. The predicted octanol–water partition coefficient (Wildman–Crippen LogP) is 5.82. The van der Waals surface area contributed by atoms with Gasteiger partial charge in [0.15, 0.2) is 0 Å². The fourth-order valence-corrected chi connectivity index (χ4v) is 2.65. The van der Waals surface area contributed by atoms with Crippen molar-refractivity contribution in [1.29, 1.82) is 0 Å². The summed E-state index contributed by atoms with van der Waals surface area (Å²) in [5, 5.41) is 0. The van der Waals surface area contributed by atoms with Crippen molar-refractivity contribution in [3.63, 3.8) is 0 Å². The molecule has 0 amide bonds. The van der Waals surface area contributed by atoms with Crippen molar-refractivity contribution in [2.24, 2.45) is 0 Å². The monoisotopic (exact) mass is 386 g/mol. The van der Waals surface area contributed by atoms with E-state index in [4.69, 9.17) is 15.9 Å². The van der Waals surface area contributed by atoms with Crippen LogP contribution in [0.25, 0.3) is 22.6 Å². The van der Waals surface area contributed by atoms with Crippen LogP contribution in [-0.4, -0.2) is 0 Å². The summed E-state index contributed by atoms with van der Waals surface area (Å²) in [6.45, 7) is 0. The van der Waals surface area contributed by atoms with Crippen LogP contribution in [0.2, 0.25) is 0 Å². The molecule has 1 aromatic heterocycles. The van der Waals surface area contributed by atoms with Crippen LogP contribution in [0.1, 0.15) is 11.1 Å². The summed E-state index contributed by atoms with van der Waals surface area (Å²) < 4.78 is 84.8. The zero-order valence-electron chi connectivity index (χ0n) is 13.4. The molecule has 0 spiro atoms. The third kappa shape index (κ3) is 3.71. The summed E-state index contributed by atoms with van der Waals surface area (Å²) in [5.41, 5.74) is 7.88. The Bertz CT molecular complexity index is 910. The van der Waals surface area contributed by atoms with Crippen molar-refractivity contribution in [1.82, 2.24) is 0 Å². The van der Waals surface area contributed by atoms with Crippen LogP contribution in [0.3, 0.4) is 0 Å². The number of rotatable bonds is 2. The fourth-order valence-electron chi connectivity index (χ4n) is 2.65. The molecule has 3 aromatic rings. The summed E-state index contributed by atoms with van der Waals surface area (Å²) in [5.74, 6) is -0.468. The van der Waals surface area contributed by atoms with Crippen molar-refractivity contribution in [3.8, 4) is 22.6 Å². The van der Waals surface area contributed by atoms with Crippen molar-refractivity contribution in [2.45, 2.75) is 12.4 Å². The standard InChI is InChI=1S/C18H12F6N2O/c19-17(20,21)13-7-9(25)1-3-11(13)15-5-6-16(27-15)12-4-2-10(26)8-14(12)18(22,23)24/h1-8H,25-26H2. The first-order valence-corrected chi connectivity index (χ1v) is 7.51. The molecule has 0 fully saturated rings. The highest BCUT2D eigenvalue weighted by molar-refractivity contribution is 5.72. The maximum atomic E-state index is 13.2. The van der Waals surface area contributed by atoms with Gasteiger partial charge in [-0.3, -0.25) is 0 Å². The topological polar surface area (TPSA) is 65.2 Å². The zero-order chi connectivity index (χ0) is 20.0. The molecule has 0 radical (unpaired) electrons. The minimum absolute atomic E-state index is 0.101. The molecule has 0 bridgehead atoms. The summed E-state index contributed by atoms with van der Waals surface area (Å²) in [6, 6.07) is 8.53. The van der Waals surface area contributed by atoms with Gasteiger partial charge in [0.25, 0.3) is 0 Å². The smallest absolute Gasteiger partial charge is 0.417 e. The van der Waals surface area contributed by atoms with Crippen LogP contribution in [-0.2, 0) is 12.4 Å². The number of nitrogens with two attached hydrogens (primary N) is 2. The molecule has 0 unspecified atom stereocenters. The lowest BCUT2D eigenvalue weighted by Crippen LogP contribution is -2.08. The van der Waals surface area contributed by atoms with E-state index in [0.717, 1.165) is 24.3 Å². The maximum Gasteiger partial charge on any atom is 0.417 e. The highest BCUT2D eigenvalue weighted by Gasteiger charge is 2.36. The minimum atomic E-state index is -4.71. The molecule has 1 heterocycles. The van der Waals surface area contributed by atoms with E-state index in [1.54, 1.807) is 0 Å². The molecule has 0 aliphatic heterocycles. The Morgan fingerprint density at radius 2 is 0.963 bits per heavy atom. The molecular weight excluding hydrogens is 374 g/mol. The maximum absolute atomic E-state index is 13.2. The third-order valence-corrected chi connectivity index (χ3v) is 3.83. The molecule has 27 heavy (non-hydrogen) atoms. The predicted molar refractivity (Wildman–Crippen MR) is 88.4 cm³/mol. The fraction of sp³-hybridized carbons (Fsp3) is 0.111. The second-order valence-corrected chi connectivity index (χ2v) is 5.77. The van der Waals surface area contributed by atoms with Crippen molar-refractivity contribution < 1.29 is 30.8 Å². The van der Waals surface area contributed by atoms with Gasteiger partial charge in [0, 0.05) is 22.5 Å². The minimum Gasteiger partial charge on any atom is -0.456 e. The van der Waals surface area contributed by atoms with E-state index in [0.29, 0.717) is 0 Å². The Morgan fingerprint density at radius 1 is 0.593 bits per heavy atom. The van der Waals surface area contributed by atoms with Crippen LogP contribution in [0.5, 0.6) is 0 Å². The first-order chi connectivity index (χ1) is 12.5. The second kappa shape index (κ2) is 6.26. The molecule has 3 rings (SSSR count). The van der Waals surface area contributed by atoms with Crippen LogP contribution < -0.4 is 11.5 Å². The van der Waals surface area contributed by atoms with E-state index in [1.165, 1.54) is 24.3 Å². The van der Waals surface area contributed by atoms with Crippen molar-refractivity contribution >= 4 is 11.4 Å². The van der Waals surface area contributed by atoms with Gasteiger partial charge in [0.1, 0.15) is 11.5 Å². The molecular formula is C18H12F6N2O. The number of benzene rings is 2. The highest BCUT2D eigenvalue weighted by atomic mass is 19.4. The van der Waals surface area contributed by atoms with Crippen LogP contribution in [0.15, 0.2) is 52.9 Å². The lowest BCUT2D eigenvalue weighted by molar-refractivity contribution is -0.137. The summed E-state index contributed by atoms with van der Waals surface area (Å²) >= 11 is 0. The molecule has 0 atom stereocenters. The molecule has 0 saturated carbocycles. The molecule has 4 N–H and O–H groups in total. The number of hydrogen-bond donors (Lipinski definition) is 2. The Hall–Kier alpha value is -3.10. The van der Waals surface area contributed by atoms with Gasteiger partial charge in [0.05, 0.1) is 11.1 Å². The van der Waals surface area contributed by atoms with Crippen LogP contribution >= 0.6 is 0 Å². The first-order valence-electron chi connectivity index (χ1n) is 7.51. The van der Waals surface area contributed by atoms with Gasteiger partial charge >= 0.3 is 12.4 Å². The molecule has 0 saturated heterocycles. The van der Waals surface area contributed by atoms with Gasteiger partial charge in [-0.25, -0.2) is 0 Å². The molecule has 3 nitrogen and oxygen atoms in total. The van der Waals surface area contributed by atoms with E-state index in [1.807, 2.05) is 0 Å². The SMILES string of the molecule is Nc1ccc(-c2ccc(-c3ccc(N)cc3C(F)(F)F)o2)c(C(F)(F)F)c1. The summed E-state index contributed by atoms with van der Waals surface area (Å²) in [4.78, 5) is 0. The highest BCUT2D eigenvalue weighted by Crippen LogP contribution is 2.42. The molecule has 0 aliphatic carbocycles. The van der Waals surface area contributed by atoms with E-state index in [2.05, 4.69) is 0 Å². The summed E-state index contributed by atoms with van der Waals surface area (Å²) in [6.07, 6.45) is -9.42. The molecule has 9 heteroatoms. The zero-order valence-corrected chi connectivity index (χ0v) is 13.4. The van der Waals surface area contributed by atoms with E-state index >= 15 is 0 Å². The number of alkyl halides is 6.